The predicted octanol–water partition coefficient (Wildman–Crippen LogP) is 3.20. The summed E-state index contributed by atoms with van der Waals surface area (Å²) in [4.78, 5) is 0. The molecule has 17 heavy (non-hydrogen) atoms. The fourth-order valence-electron chi connectivity index (χ4n) is 1.78. The van der Waals surface area contributed by atoms with Crippen molar-refractivity contribution >= 4 is 0 Å². The Morgan fingerprint density at radius 3 is 2.71 bits per heavy atom. The van der Waals surface area contributed by atoms with Gasteiger partial charge in [-0.2, -0.15) is 0 Å². The Kier molecular flexibility index (Phi) is 3.24. The first-order valence-corrected chi connectivity index (χ1v) is 5.33. The van der Waals surface area contributed by atoms with Crippen molar-refractivity contribution in [3.05, 3.63) is 59.1 Å². The molecular weight excluding hydrogens is 226 g/mol. The predicted molar refractivity (Wildman–Crippen MR) is 58.5 cm³/mol. The van der Waals surface area contributed by atoms with E-state index in [1.807, 2.05) is 6.92 Å². The van der Waals surface area contributed by atoms with Crippen molar-refractivity contribution in [2.75, 3.05) is 0 Å². The van der Waals surface area contributed by atoms with Gasteiger partial charge in [-0.3, -0.25) is 0 Å². The lowest BCUT2D eigenvalue weighted by Crippen LogP contribution is -2.05. The lowest BCUT2D eigenvalue weighted by molar-refractivity contribution is 0.210. The van der Waals surface area contributed by atoms with Crippen LogP contribution in [-0.4, -0.2) is 5.11 Å². The van der Waals surface area contributed by atoms with Gasteiger partial charge >= 0.3 is 0 Å². The molecule has 0 amide bonds. The fraction of sp³-hybridized carbons (Fsp3) is 0.231. The molecule has 0 bridgehead atoms. The molecule has 1 aromatic heterocycles. The Morgan fingerprint density at radius 2 is 2.00 bits per heavy atom. The minimum Gasteiger partial charge on any atom is -0.469 e. The van der Waals surface area contributed by atoms with E-state index in [-0.39, 0.29) is 5.56 Å². The molecule has 4 heteroatoms. The standard InChI is InChI=1S/C13H12F2O2/c1-2-11-8(6-7-17-11)13(16)9-4-3-5-10(14)12(9)15/h3-7,13,16H,2H2,1H3. The Hall–Kier alpha value is -1.68. The zero-order valence-corrected chi connectivity index (χ0v) is 9.28. The van der Waals surface area contributed by atoms with Crippen LogP contribution in [0.2, 0.25) is 0 Å². The summed E-state index contributed by atoms with van der Waals surface area (Å²) >= 11 is 0. The van der Waals surface area contributed by atoms with Crippen LogP contribution in [0.15, 0.2) is 34.9 Å². The van der Waals surface area contributed by atoms with E-state index in [9.17, 15) is 13.9 Å². The van der Waals surface area contributed by atoms with E-state index in [4.69, 9.17) is 4.42 Å². The third kappa shape index (κ3) is 2.08. The number of benzene rings is 1. The maximum Gasteiger partial charge on any atom is 0.164 e. The van der Waals surface area contributed by atoms with Gasteiger partial charge in [0.05, 0.1) is 6.26 Å². The monoisotopic (exact) mass is 238 g/mol. The molecule has 0 spiro atoms. The maximum absolute atomic E-state index is 13.5. The van der Waals surface area contributed by atoms with Crippen LogP contribution in [0.25, 0.3) is 0 Å². The summed E-state index contributed by atoms with van der Waals surface area (Å²) in [6.07, 6.45) is 0.796. The zero-order valence-electron chi connectivity index (χ0n) is 9.28. The molecule has 1 heterocycles. The minimum atomic E-state index is -1.21. The largest absolute Gasteiger partial charge is 0.469 e. The second-order valence-corrected chi connectivity index (χ2v) is 3.70. The average molecular weight is 238 g/mol. The van der Waals surface area contributed by atoms with Gasteiger partial charge in [-0.15, -0.1) is 0 Å². The fourth-order valence-corrected chi connectivity index (χ4v) is 1.78. The van der Waals surface area contributed by atoms with Gasteiger partial charge in [0.1, 0.15) is 11.9 Å². The number of rotatable bonds is 3. The van der Waals surface area contributed by atoms with Crippen LogP contribution in [0.3, 0.4) is 0 Å². The normalized spacial score (nSPS) is 12.7. The van der Waals surface area contributed by atoms with Crippen LogP contribution in [0.1, 0.15) is 29.9 Å². The zero-order chi connectivity index (χ0) is 12.4. The first-order chi connectivity index (χ1) is 8.15. The molecule has 0 saturated carbocycles. The molecule has 2 rings (SSSR count). The number of hydrogen-bond donors (Lipinski definition) is 1. The molecule has 0 saturated heterocycles. The smallest absolute Gasteiger partial charge is 0.164 e. The number of aliphatic hydroxyl groups is 1. The number of halogens is 2. The number of aryl methyl sites for hydroxylation is 1. The van der Waals surface area contributed by atoms with Crippen LogP contribution in [0.4, 0.5) is 8.78 Å². The highest BCUT2D eigenvalue weighted by Crippen LogP contribution is 2.28. The lowest BCUT2D eigenvalue weighted by Gasteiger charge is -2.12. The first-order valence-electron chi connectivity index (χ1n) is 5.33. The molecular formula is C13H12F2O2. The van der Waals surface area contributed by atoms with E-state index in [0.29, 0.717) is 17.7 Å². The van der Waals surface area contributed by atoms with E-state index in [1.54, 1.807) is 6.07 Å². The minimum absolute atomic E-state index is 0.0823. The molecule has 2 nitrogen and oxygen atoms in total. The third-order valence-electron chi connectivity index (χ3n) is 2.67. The molecule has 0 aliphatic carbocycles. The molecule has 1 aromatic carbocycles. The van der Waals surface area contributed by atoms with Gasteiger partial charge in [-0.05, 0) is 12.1 Å². The summed E-state index contributed by atoms with van der Waals surface area (Å²) in [7, 11) is 0. The second kappa shape index (κ2) is 4.67. The van der Waals surface area contributed by atoms with E-state index >= 15 is 0 Å². The van der Waals surface area contributed by atoms with Crippen LogP contribution in [0, 0.1) is 11.6 Å². The van der Waals surface area contributed by atoms with E-state index < -0.39 is 17.7 Å². The van der Waals surface area contributed by atoms with Gasteiger partial charge in [0.2, 0.25) is 0 Å². The molecule has 0 radical (unpaired) electrons. The number of furan rings is 1. The first kappa shape index (κ1) is 11.8. The highest BCUT2D eigenvalue weighted by atomic mass is 19.2. The quantitative estimate of drug-likeness (QED) is 0.890. The summed E-state index contributed by atoms with van der Waals surface area (Å²) in [5.41, 5.74) is 0.387. The van der Waals surface area contributed by atoms with Crippen molar-refractivity contribution in [2.24, 2.45) is 0 Å². The number of aliphatic hydroxyl groups excluding tert-OH is 1. The van der Waals surface area contributed by atoms with Gasteiger partial charge < -0.3 is 9.52 Å². The summed E-state index contributed by atoms with van der Waals surface area (Å²) in [5.74, 6) is -1.42. The SMILES string of the molecule is CCc1occc1C(O)c1cccc(F)c1F. The van der Waals surface area contributed by atoms with Crippen molar-refractivity contribution in [1.82, 2.24) is 0 Å². The number of hydrogen-bond acceptors (Lipinski definition) is 2. The lowest BCUT2D eigenvalue weighted by atomic mass is 10.0. The van der Waals surface area contributed by atoms with Crippen LogP contribution < -0.4 is 0 Å². The summed E-state index contributed by atoms with van der Waals surface area (Å²) in [6.45, 7) is 1.86. The topological polar surface area (TPSA) is 33.4 Å². The summed E-state index contributed by atoms with van der Waals surface area (Å²) in [6, 6.07) is 5.30. The molecule has 90 valence electrons. The van der Waals surface area contributed by atoms with Gasteiger partial charge in [0.15, 0.2) is 11.6 Å². The van der Waals surface area contributed by atoms with Crippen LogP contribution in [-0.2, 0) is 6.42 Å². The molecule has 1 N–H and O–H groups in total. The highest BCUT2D eigenvalue weighted by molar-refractivity contribution is 5.32. The maximum atomic E-state index is 13.5. The molecule has 1 unspecified atom stereocenters. The van der Waals surface area contributed by atoms with Crippen molar-refractivity contribution in [3.8, 4) is 0 Å². The van der Waals surface area contributed by atoms with Crippen molar-refractivity contribution in [3.63, 3.8) is 0 Å². The Balaban J connectivity index is 2.44. The van der Waals surface area contributed by atoms with Gasteiger partial charge in [-0.25, -0.2) is 8.78 Å². The van der Waals surface area contributed by atoms with Crippen molar-refractivity contribution in [2.45, 2.75) is 19.4 Å². The van der Waals surface area contributed by atoms with Crippen molar-refractivity contribution in [1.29, 1.82) is 0 Å². The third-order valence-corrected chi connectivity index (χ3v) is 2.67. The Labute approximate surface area is 97.5 Å². The van der Waals surface area contributed by atoms with Crippen LogP contribution >= 0.6 is 0 Å². The molecule has 0 aliphatic rings. The summed E-state index contributed by atoms with van der Waals surface area (Å²) < 4.78 is 31.7. The highest BCUT2D eigenvalue weighted by Gasteiger charge is 2.21. The Morgan fingerprint density at radius 1 is 1.24 bits per heavy atom. The average Bonchev–Trinajstić information content (AvgIpc) is 2.80. The van der Waals surface area contributed by atoms with Gasteiger partial charge in [0, 0.05) is 17.5 Å². The molecule has 2 aromatic rings. The van der Waals surface area contributed by atoms with E-state index in [2.05, 4.69) is 0 Å². The van der Waals surface area contributed by atoms with Crippen molar-refractivity contribution < 1.29 is 18.3 Å². The van der Waals surface area contributed by atoms with Gasteiger partial charge in [-0.1, -0.05) is 19.1 Å². The Bertz CT molecular complexity index is 520. The van der Waals surface area contributed by atoms with Crippen LogP contribution in [0.5, 0.6) is 0 Å². The molecule has 0 fully saturated rings. The second-order valence-electron chi connectivity index (χ2n) is 3.70. The summed E-state index contributed by atoms with van der Waals surface area (Å²) in [5, 5.41) is 10.0. The molecule has 1 atom stereocenters. The van der Waals surface area contributed by atoms with Gasteiger partial charge in [0.25, 0.3) is 0 Å². The molecule has 0 aliphatic heterocycles. The van der Waals surface area contributed by atoms with E-state index in [1.165, 1.54) is 18.4 Å². The van der Waals surface area contributed by atoms with E-state index in [0.717, 1.165) is 6.07 Å².